The van der Waals surface area contributed by atoms with Gasteiger partial charge in [-0.3, -0.25) is 4.79 Å². The molecule has 0 saturated carbocycles. The Bertz CT molecular complexity index is 684. The Morgan fingerprint density at radius 3 is 2.45 bits per heavy atom. The van der Waals surface area contributed by atoms with E-state index in [1.165, 1.54) is 30.3 Å². The lowest BCUT2D eigenvalue weighted by Crippen LogP contribution is -1.99. The summed E-state index contributed by atoms with van der Waals surface area (Å²) in [5.74, 6) is -1.70. The van der Waals surface area contributed by atoms with Gasteiger partial charge >= 0.3 is 5.97 Å². The molecule has 102 valence electrons. The molecule has 4 nitrogen and oxygen atoms in total. The number of halogens is 1. The largest absolute Gasteiger partial charge is 0.478 e. The number of nitrogens with zero attached hydrogens (tertiary/aromatic N) is 1. The quantitative estimate of drug-likeness (QED) is 0.687. The van der Waals surface area contributed by atoms with Gasteiger partial charge in [0, 0.05) is 36.1 Å². The number of carboxylic acid groups (broad SMARTS) is 1. The molecule has 0 bridgehead atoms. The number of ketones is 1. The van der Waals surface area contributed by atoms with Crippen molar-refractivity contribution in [3.8, 4) is 0 Å². The molecule has 5 heteroatoms. The molecule has 0 spiro atoms. The first-order chi connectivity index (χ1) is 9.47. The average Bonchev–Trinajstić information content (AvgIpc) is 2.78. The average molecular weight is 273 g/mol. The highest BCUT2D eigenvalue weighted by atomic mass is 19.1. The number of aliphatic carboxylic acids is 1. The summed E-state index contributed by atoms with van der Waals surface area (Å²) in [5.41, 5.74) is 1.40. The van der Waals surface area contributed by atoms with E-state index in [0.29, 0.717) is 16.8 Å². The molecule has 0 amide bonds. The maximum absolute atomic E-state index is 12.8. The lowest BCUT2D eigenvalue weighted by molar-refractivity contribution is -0.131. The molecule has 2 rings (SSSR count). The Morgan fingerprint density at radius 1 is 1.20 bits per heavy atom. The van der Waals surface area contributed by atoms with Crippen LogP contribution < -0.4 is 0 Å². The second-order valence-electron chi connectivity index (χ2n) is 4.27. The fourth-order valence-electron chi connectivity index (χ4n) is 1.80. The third-order valence-corrected chi connectivity index (χ3v) is 2.81. The minimum absolute atomic E-state index is 0.240. The smallest absolute Gasteiger partial charge is 0.328 e. The number of hydrogen-bond donors (Lipinski definition) is 1. The maximum Gasteiger partial charge on any atom is 0.328 e. The van der Waals surface area contributed by atoms with Crippen LogP contribution in [0, 0.1) is 5.82 Å². The summed E-state index contributed by atoms with van der Waals surface area (Å²) in [6, 6.07) is 6.86. The zero-order chi connectivity index (χ0) is 14.7. The molecular weight excluding hydrogens is 261 g/mol. The highest BCUT2D eigenvalue weighted by Gasteiger charge is 2.12. The third-order valence-electron chi connectivity index (χ3n) is 2.81. The first-order valence-corrected chi connectivity index (χ1v) is 5.85. The predicted octanol–water partition coefficient (Wildman–Crippen LogP) is 2.49. The SMILES string of the molecule is Cn1cc(C(=O)c2ccc(F)cc2)cc1/C=C/C(=O)O. The van der Waals surface area contributed by atoms with Gasteiger partial charge in [-0.1, -0.05) is 0 Å². The van der Waals surface area contributed by atoms with Crippen LogP contribution in [0.15, 0.2) is 42.6 Å². The molecule has 0 saturated heterocycles. The zero-order valence-electron chi connectivity index (χ0n) is 10.7. The molecule has 0 fully saturated rings. The van der Waals surface area contributed by atoms with E-state index in [4.69, 9.17) is 5.11 Å². The van der Waals surface area contributed by atoms with Gasteiger partial charge in [0.1, 0.15) is 5.82 Å². The van der Waals surface area contributed by atoms with Gasteiger partial charge in [-0.25, -0.2) is 9.18 Å². The van der Waals surface area contributed by atoms with Gasteiger partial charge in [0.25, 0.3) is 0 Å². The highest BCUT2D eigenvalue weighted by Crippen LogP contribution is 2.15. The number of aryl methyl sites for hydroxylation is 1. The second-order valence-corrected chi connectivity index (χ2v) is 4.27. The van der Waals surface area contributed by atoms with E-state index in [1.54, 1.807) is 23.9 Å². The Kier molecular flexibility index (Phi) is 3.79. The topological polar surface area (TPSA) is 59.3 Å². The number of benzene rings is 1. The summed E-state index contributed by atoms with van der Waals surface area (Å²) in [4.78, 5) is 22.7. The van der Waals surface area contributed by atoms with Gasteiger partial charge in [-0.15, -0.1) is 0 Å². The number of carbonyl (C=O) groups excluding carboxylic acids is 1. The standard InChI is InChI=1S/C15H12FNO3/c1-17-9-11(8-13(17)6-7-14(18)19)15(20)10-2-4-12(16)5-3-10/h2-9H,1H3,(H,18,19)/b7-6+. The Labute approximate surface area is 114 Å². The number of carboxylic acids is 1. The molecule has 0 aliphatic rings. The number of rotatable bonds is 4. The normalized spacial score (nSPS) is 10.9. The zero-order valence-corrected chi connectivity index (χ0v) is 10.7. The van der Waals surface area contributed by atoms with Crippen molar-refractivity contribution in [1.82, 2.24) is 4.57 Å². The summed E-state index contributed by atoms with van der Waals surface area (Å²) in [7, 11) is 1.71. The Balaban J connectivity index is 2.29. The van der Waals surface area contributed by atoms with Crippen LogP contribution in [0.25, 0.3) is 6.08 Å². The fraction of sp³-hybridized carbons (Fsp3) is 0.0667. The fourth-order valence-corrected chi connectivity index (χ4v) is 1.80. The maximum atomic E-state index is 12.8. The molecule has 2 aromatic rings. The molecule has 1 N–H and O–H groups in total. The summed E-state index contributed by atoms with van der Waals surface area (Å²) >= 11 is 0. The van der Waals surface area contributed by atoms with Crippen LogP contribution >= 0.6 is 0 Å². The van der Waals surface area contributed by atoms with E-state index in [9.17, 15) is 14.0 Å². The summed E-state index contributed by atoms with van der Waals surface area (Å²) < 4.78 is 14.5. The number of aromatic nitrogens is 1. The summed E-state index contributed by atoms with van der Waals surface area (Å²) in [6.45, 7) is 0. The van der Waals surface area contributed by atoms with Crippen LogP contribution in [0.3, 0.4) is 0 Å². The van der Waals surface area contributed by atoms with Gasteiger partial charge in [0.15, 0.2) is 5.78 Å². The molecule has 0 aliphatic heterocycles. The molecule has 1 aromatic carbocycles. The second kappa shape index (κ2) is 5.52. The molecule has 0 unspecified atom stereocenters. The molecule has 1 aromatic heterocycles. The first kappa shape index (κ1) is 13.7. The molecule has 0 radical (unpaired) electrons. The summed E-state index contributed by atoms with van der Waals surface area (Å²) in [6.07, 6.45) is 4.01. The van der Waals surface area contributed by atoms with Crippen molar-refractivity contribution >= 4 is 17.8 Å². The highest BCUT2D eigenvalue weighted by molar-refractivity contribution is 6.09. The van der Waals surface area contributed by atoms with Crippen molar-refractivity contribution in [3.63, 3.8) is 0 Å². The van der Waals surface area contributed by atoms with Gasteiger partial charge in [0.05, 0.1) is 0 Å². The lowest BCUT2D eigenvalue weighted by Gasteiger charge is -1.97. The van der Waals surface area contributed by atoms with Crippen LogP contribution in [0.5, 0.6) is 0 Å². The minimum atomic E-state index is -1.06. The predicted molar refractivity (Wildman–Crippen MR) is 71.9 cm³/mol. The van der Waals surface area contributed by atoms with E-state index in [0.717, 1.165) is 6.08 Å². The van der Waals surface area contributed by atoms with E-state index in [-0.39, 0.29) is 5.78 Å². The van der Waals surface area contributed by atoms with Crippen LogP contribution in [-0.2, 0) is 11.8 Å². The van der Waals surface area contributed by atoms with E-state index in [2.05, 4.69) is 0 Å². The van der Waals surface area contributed by atoms with Gasteiger partial charge < -0.3 is 9.67 Å². The van der Waals surface area contributed by atoms with Crippen LogP contribution in [0.4, 0.5) is 4.39 Å². The molecular formula is C15H12FNO3. The van der Waals surface area contributed by atoms with Gasteiger partial charge in [0.2, 0.25) is 0 Å². The molecule has 20 heavy (non-hydrogen) atoms. The molecule has 0 aliphatic carbocycles. The van der Waals surface area contributed by atoms with Crippen molar-refractivity contribution < 1.29 is 19.1 Å². The van der Waals surface area contributed by atoms with Crippen molar-refractivity contribution in [3.05, 3.63) is 65.2 Å². The van der Waals surface area contributed by atoms with Crippen molar-refractivity contribution in [2.75, 3.05) is 0 Å². The van der Waals surface area contributed by atoms with E-state index >= 15 is 0 Å². The first-order valence-electron chi connectivity index (χ1n) is 5.85. The van der Waals surface area contributed by atoms with E-state index < -0.39 is 11.8 Å². The van der Waals surface area contributed by atoms with E-state index in [1.807, 2.05) is 0 Å². The van der Waals surface area contributed by atoms with Gasteiger partial charge in [-0.05, 0) is 36.4 Å². The Morgan fingerprint density at radius 2 is 1.85 bits per heavy atom. The molecule has 0 atom stereocenters. The van der Waals surface area contributed by atoms with Crippen LogP contribution in [0.1, 0.15) is 21.6 Å². The Hall–Kier alpha value is -2.69. The summed E-state index contributed by atoms with van der Waals surface area (Å²) in [5, 5.41) is 8.59. The minimum Gasteiger partial charge on any atom is -0.478 e. The van der Waals surface area contributed by atoms with Gasteiger partial charge in [-0.2, -0.15) is 0 Å². The van der Waals surface area contributed by atoms with Crippen LogP contribution in [0.2, 0.25) is 0 Å². The van der Waals surface area contributed by atoms with Crippen molar-refractivity contribution in [2.45, 2.75) is 0 Å². The molecule has 1 heterocycles. The number of hydrogen-bond acceptors (Lipinski definition) is 2. The number of carbonyl (C=O) groups is 2. The van der Waals surface area contributed by atoms with Crippen LogP contribution in [-0.4, -0.2) is 21.4 Å². The third kappa shape index (κ3) is 3.00. The monoisotopic (exact) mass is 273 g/mol. The van der Waals surface area contributed by atoms with Crippen molar-refractivity contribution in [2.24, 2.45) is 7.05 Å². The van der Waals surface area contributed by atoms with Crippen molar-refractivity contribution in [1.29, 1.82) is 0 Å². The lowest BCUT2D eigenvalue weighted by atomic mass is 10.1.